The maximum atomic E-state index is 13.5. The van der Waals surface area contributed by atoms with Gasteiger partial charge in [0.25, 0.3) is 5.91 Å². The standard InChI is InChI=1S/C14H14F3N3O2/c1-8-10(7-20(2)19-8)13(21)18-6-9-3-4-12(11(15)5-9)22-14(16)17/h3-5,7,14H,6H2,1-2H3,(H,18,21). The third kappa shape index (κ3) is 3.78. The normalized spacial score (nSPS) is 10.8. The van der Waals surface area contributed by atoms with Crippen molar-refractivity contribution in [2.24, 2.45) is 7.05 Å². The van der Waals surface area contributed by atoms with Crippen LogP contribution < -0.4 is 10.1 Å². The van der Waals surface area contributed by atoms with E-state index >= 15 is 0 Å². The molecule has 0 aliphatic carbocycles. The molecule has 0 atom stereocenters. The Hall–Kier alpha value is -2.51. The van der Waals surface area contributed by atoms with Crippen molar-refractivity contribution in [3.63, 3.8) is 0 Å². The van der Waals surface area contributed by atoms with Crippen molar-refractivity contribution >= 4 is 5.91 Å². The number of ether oxygens (including phenoxy) is 1. The molecule has 0 unspecified atom stereocenters. The second kappa shape index (κ2) is 6.50. The molecule has 1 aromatic heterocycles. The Morgan fingerprint density at radius 2 is 2.18 bits per heavy atom. The number of alkyl halides is 2. The van der Waals surface area contributed by atoms with Crippen LogP contribution in [0.15, 0.2) is 24.4 Å². The van der Waals surface area contributed by atoms with Gasteiger partial charge in [0.2, 0.25) is 0 Å². The summed E-state index contributed by atoms with van der Waals surface area (Å²) in [7, 11) is 1.70. The van der Waals surface area contributed by atoms with Crippen LogP contribution in [0.25, 0.3) is 0 Å². The molecule has 0 aliphatic rings. The zero-order chi connectivity index (χ0) is 16.3. The summed E-state index contributed by atoms with van der Waals surface area (Å²) < 4.78 is 43.1. The third-order valence-electron chi connectivity index (χ3n) is 2.92. The van der Waals surface area contributed by atoms with Crippen LogP contribution in [-0.4, -0.2) is 22.3 Å². The second-order valence-electron chi connectivity index (χ2n) is 4.63. The Kier molecular flexibility index (Phi) is 4.69. The maximum Gasteiger partial charge on any atom is 0.387 e. The molecule has 0 fully saturated rings. The van der Waals surface area contributed by atoms with Crippen molar-refractivity contribution < 1.29 is 22.7 Å². The van der Waals surface area contributed by atoms with E-state index in [1.54, 1.807) is 20.2 Å². The average Bonchev–Trinajstić information content (AvgIpc) is 2.77. The number of carbonyl (C=O) groups excluding carboxylic acids is 1. The molecule has 0 spiro atoms. The molecule has 1 aromatic carbocycles. The number of halogens is 3. The fraction of sp³-hybridized carbons (Fsp3) is 0.286. The molecule has 0 aliphatic heterocycles. The molecule has 2 rings (SSSR count). The molecule has 22 heavy (non-hydrogen) atoms. The van der Waals surface area contributed by atoms with Gasteiger partial charge in [0, 0.05) is 19.8 Å². The van der Waals surface area contributed by atoms with Crippen molar-refractivity contribution in [3.8, 4) is 5.75 Å². The van der Waals surface area contributed by atoms with Crippen LogP contribution in [0.5, 0.6) is 5.75 Å². The molecule has 0 radical (unpaired) electrons. The molecule has 5 nitrogen and oxygen atoms in total. The smallest absolute Gasteiger partial charge is 0.387 e. The number of amides is 1. The molecule has 118 valence electrons. The first-order valence-corrected chi connectivity index (χ1v) is 6.38. The van der Waals surface area contributed by atoms with Crippen molar-refractivity contribution in [2.45, 2.75) is 20.1 Å². The van der Waals surface area contributed by atoms with Gasteiger partial charge in [-0.15, -0.1) is 0 Å². The first-order valence-electron chi connectivity index (χ1n) is 6.38. The quantitative estimate of drug-likeness (QED) is 0.922. The summed E-state index contributed by atoms with van der Waals surface area (Å²) in [5, 5.41) is 6.66. The summed E-state index contributed by atoms with van der Waals surface area (Å²) in [4.78, 5) is 12.0. The van der Waals surface area contributed by atoms with Crippen LogP contribution >= 0.6 is 0 Å². The molecule has 0 bridgehead atoms. The van der Waals surface area contributed by atoms with Crippen molar-refractivity contribution in [1.29, 1.82) is 0 Å². The van der Waals surface area contributed by atoms with Crippen molar-refractivity contribution in [3.05, 3.63) is 47.0 Å². The van der Waals surface area contributed by atoms with Gasteiger partial charge >= 0.3 is 6.61 Å². The third-order valence-corrected chi connectivity index (χ3v) is 2.92. The summed E-state index contributed by atoms with van der Waals surface area (Å²) in [5.74, 6) is -1.79. The van der Waals surface area contributed by atoms with Crippen LogP contribution in [0, 0.1) is 12.7 Å². The Labute approximate surface area is 124 Å². The van der Waals surface area contributed by atoms with E-state index in [2.05, 4.69) is 15.2 Å². The molecule has 0 saturated carbocycles. The van der Waals surface area contributed by atoms with Gasteiger partial charge in [-0.2, -0.15) is 13.9 Å². The van der Waals surface area contributed by atoms with E-state index in [4.69, 9.17) is 0 Å². The fourth-order valence-electron chi connectivity index (χ4n) is 1.95. The number of nitrogens with zero attached hydrogens (tertiary/aromatic N) is 2. The topological polar surface area (TPSA) is 56.2 Å². The fourth-order valence-corrected chi connectivity index (χ4v) is 1.95. The van der Waals surface area contributed by atoms with Crippen LogP contribution in [0.3, 0.4) is 0 Å². The number of nitrogens with one attached hydrogen (secondary N) is 1. The molecule has 0 saturated heterocycles. The van der Waals surface area contributed by atoms with Crippen molar-refractivity contribution in [2.75, 3.05) is 0 Å². The highest BCUT2D eigenvalue weighted by Crippen LogP contribution is 2.20. The zero-order valence-electron chi connectivity index (χ0n) is 11.9. The van der Waals surface area contributed by atoms with E-state index in [0.29, 0.717) is 16.8 Å². The minimum absolute atomic E-state index is 0.0546. The lowest BCUT2D eigenvalue weighted by atomic mass is 10.2. The highest BCUT2D eigenvalue weighted by molar-refractivity contribution is 5.94. The summed E-state index contributed by atoms with van der Waals surface area (Å²) >= 11 is 0. The predicted octanol–water partition coefficient (Wildman–Crippen LogP) is 2.40. The second-order valence-corrected chi connectivity index (χ2v) is 4.63. The minimum Gasteiger partial charge on any atom is -0.432 e. The van der Waals surface area contributed by atoms with E-state index in [1.165, 1.54) is 10.7 Å². The Bertz CT molecular complexity index is 686. The number of hydrogen-bond acceptors (Lipinski definition) is 3. The SMILES string of the molecule is Cc1nn(C)cc1C(=O)NCc1ccc(OC(F)F)c(F)c1. The Morgan fingerprint density at radius 3 is 2.73 bits per heavy atom. The molecule has 8 heteroatoms. The Balaban J connectivity index is 2.01. The van der Waals surface area contributed by atoms with Gasteiger partial charge in [-0.25, -0.2) is 4.39 Å². The van der Waals surface area contributed by atoms with E-state index in [1.807, 2.05) is 0 Å². The lowest BCUT2D eigenvalue weighted by Crippen LogP contribution is -2.23. The number of aromatic nitrogens is 2. The highest BCUT2D eigenvalue weighted by Gasteiger charge is 2.13. The zero-order valence-corrected chi connectivity index (χ0v) is 11.9. The van der Waals surface area contributed by atoms with Crippen LogP contribution in [0.4, 0.5) is 13.2 Å². The van der Waals surface area contributed by atoms with E-state index in [9.17, 15) is 18.0 Å². The maximum absolute atomic E-state index is 13.5. The van der Waals surface area contributed by atoms with Gasteiger partial charge in [-0.1, -0.05) is 6.07 Å². The lowest BCUT2D eigenvalue weighted by molar-refractivity contribution is -0.0522. The summed E-state index contributed by atoms with van der Waals surface area (Å²) in [5.41, 5.74) is 1.42. The highest BCUT2D eigenvalue weighted by atomic mass is 19.3. The predicted molar refractivity (Wildman–Crippen MR) is 72.1 cm³/mol. The van der Waals surface area contributed by atoms with Gasteiger partial charge in [0.05, 0.1) is 11.3 Å². The first kappa shape index (κ1) is 15.9. The minimum atomic E-state index is -3.09. The van der Waals surface area contributed by atoms with Crippen LogP contribution in [-0.2, 0) is 13.6 Å². The first-order chi connectivity index (χ1) is 10.4. The van der Waals surface area contributed by atoms with Crippen LogP contribution in [0.2, 0.25) is 0 Å². The number of carbonyl (C=O) groups is 1. The molecule has 1 N–H and O–H groups in total. The van der Waals surface area contributed by atoms with Gasteiger partial charge in [-0.05, 0) is 24.6 Å². The van der Waals surface area contributed by atoms with E-state index in [0.717, 1.165) is 12.1 Å². The van der Waals surface area contributed by atoms with Gasteiger partial charge in [0.15, 0.2) is 11.6 Å². The van der Waals surface area contributed by atoms with Gasteiger partial charge < -0.3 is 10.1 Å². The van der Waals surface area contributed by atoms with Crippen LogP contribution in [0.1, 0.15) is 21.6 Å². The molecule has 1 heterocycles. The molecular weight excluding hydrogens is 299 g/mol. The number of hydrogen-bond donors (Lipinski definition) is 1. The lowest BCUT2D eigenvalue weighted by Gasteiger charge is -2.08. The van der Waals surface area contributed by atoms with Gasteiger partial charge in [-0.3, -0.25) is 9.48 Å². The average molecular weight is 313 g/mol. The number of benzene rings is 1. The number of rotatable bonds is 5. The van der Waals surface area contributed by atoms with E-state index in [-0.39, 0.29) is 12.5 Å². The summed E-state index contributed by atoms with van der Waals surface area (Å²) in [6.07, 6.45) is 1.57. The molecular formula is C14H14F3N3O2. The summed E-state index contributed by atoms with van der Waals surface area (Å²) in [6, 6.07) is 3.53. The van der Waals surface area contributed by atoms with E-state index < -0.39 is 18.2 Å². The monoisotopic (exact) mass is 313 g/mol. The summed E-state index contributed by atoms with van der Waals surface area (Å²) in [6.45, 7) is -1.34. The van der Waals surface area contributed by atoms with Gasteiger partial charge in [0.1, 0.15) is 0 Å². The number of aryl methyl sites for hydroxylation is 2. The molecule has 2 aromatic rings. The largest absolute Gasteiger partial charge is 0.432 e. The Morgan fingerprint density at radius 1 is 1.45 bits per heavy atom. The van der Waals surface area contributed by atoms with Crippen molar-refractivity contribution in [1.82, 2.24) is 15.1 Å². The molecule has 1 amide bonds.